The van der Waals surface area contributed by atoms with Crippen molar-refractivity contribution in [2.24, 2.45) is 0 Å². The molecule has 0 aromatic heterocycles. The fraction of sp³-hybridized carbons (Fsp3) is 0.625. The van der Waals surface area contributed by atoms with Gasteiger partial charge in [0.2, 0.25) is 0 Å². The van der Waals surface area contributed by atoms with E-state index in [9.17, 15) is 4.79 Å². The lowest BCUT2D eigenvalue weighted by molar-refractivity contribution is -0.117. The molecule has 0 aromatic carbocycles. The van der Waals surface area contributed by atoms with Crippen molar-refractivity contribution in [2.75, 3.05) is 13.2 Å². The SMILES string of the molecule is C#CC(=O)NC1CCCOC1. The molecule has 0 aliphatic carbocycles. The molecule has 3 heteroatoms. The van der Waals surface area contributed by atoms with Crippen molar-refractivity contribution in [2.45, 2.75) is 18.9 Å². The summed E-state index contributed by atoms with van der Waals surface area (Å²) in [5, 5.41) is 2.67. The maximum absolute atomic E-state index is 10.7. The third-order valence-electron chi connectivity index (χ3n) is 1.63. The second-order valence-corrected chi connectivity index (χ2v) is 2.53. The number of rotatable bonds is 1. The average molecular weight is 153 g/mol. The molecule has 60 valence electrons. The number of carbonyl (C=O) groups excluding carboxylic acids is 1. The Hall–Kier alpha value is -1.01. The predicted octanol–water partition coefficient (Wildman–Crippen LogP) is -0.0852. The van der Waals surface area contributed by atoms with Crippen LogP contribution in [0.25, 0.3) is 0 Å². The van der Waals surface area contributed by atoms with Gasteiger partial charge < -0.3 is 10.1 Å². The largest absolute Gasteiger partial charge is 0.379 e. The summed E-state index contributed by atoms with van der Waals surface area (Å²) < 4.78 is 5.14. The lowest BCUT2D eigenvalue weighted by Crippen LogP contribution is -2.39. The summed E-state index contributed by atoms with van der Waals surface area (Å²) in [6.45, 7) is 1.38. The van der Waals surface area contributed by atoms with Crippen LogP contribution in [0.4, 0.5) is 0 Å². The van der Waals surface area contributed by atoms with Gasteiger partial charge in [-0.05, 0) is 18.8 Å². The van der Waals surface area contributed by atoms with Crippen LogP contribution in [-0.4, -0.2) is 25.2 Å². The van der Waals surface area contributed by atoms with Crippen LogP contribution in [0.2, 0.25) is 0 Å². The molecule has 0 aromatic rings. The summed E-state index contributed by atoms with van der Waals surface area (Å²) in [7, 11) is 0. The van der Waals surface area contributed by atoms with E-state index in [4.69, 9.17) is 11.2 Å². The minimum absolute atomic E-state index is 0.118. The van der Waals surface area contributed by atoms with Gasteiger partial charge in [-0.1, -0.05) is 0 Å². The molecule has 0 spiro atoms. The Balaban J connectivity index is 2.25. The molecule has 3 nitrogen and oxygen atoms in total. The van der Waals surface area contributed by atoms with Gasteiger partial charge in [0, 0.05) is 6.61 Å². The number of nitrogens with one attached hydrogen (secondary N) is 1. The molecule has 11 heavy (non-hydrogen) atoms. The molecule has 0 radical (unpaired) electrons. The Bertz CT molecular complexity index is 177. The second kappa shape index (κ2) is 3.99. The van der Waals surface area contributed by atoms with Crippen molar-refractivity contribution in [1.29, 1.82) is 0 Å². The summed E-state index contributed by atoms with van der Waals surface area (Å²) in [6.07, 6.45) is 6.85. The predicted molar refractivity (Wildman–Crippen MR) is 40.8 cm³/mol. The summed E-state index contributed by atoms with van der Waals surface area (Å²) >= 11 is 0. The Morgan fingerprint density at radius 2 is 2.55 bits per heavy atom. The smallest absolute Gasteiger partial charge is 0.295 e. The van der Waals surface area contributed by atoms with Crippen molar-refractivity contribution >= 4 is 5.91 Å². The van der Waals surface area contributed by atoms with Gasteiger partial charge in [0.25, 0.3) is 5.91 Å². The van der Waals surface area contributed by atoms with Crippen molar-refractivity contribution < 1.29 is 9.53 Å². The number of terminal acetylenes is 1. The number of ether oxygens (including phenoxy) is 1. The van der Waals surface area contributed by atoms with E-state index in [1.165, 1.54) is 0 Å². The first-order valence-corrected chi connectivity index (χ1v) is 3.68. The van der Waals surface area contributed by atoms with E-state index in [1.54, 1.807) is 0 Å². The highest BCUT2D eigenvalue weighted by Crippen LogP contribution is 2.04. The van der Waals surface area contributed by atoms with Gasteiger partial charge in [-0.2, -0.15) is 0 Å². The molecule has 0 saturated carbocycles. The molecule has 1 unspecified atom stereocenters. The molecular formula is C8H11NO2. The van der Waals surface area contributed by atoms with Crippen LogP contribution >= 0.6 is 0 Å². The minimum atomic E-state index is -0.347. The van der Waals surface area contributed by atoms with Crippen LogP contribution < -0.4 is 5.32 Å². The van der Waals surface area contributed by atoms with Crippen molar-refractivity contribution in [3.05, 3.63) is 0 Å². The van der Waals surface area contributed by atoms with Gasteiger partial charge in [-0.25, -0.2) is 0 Å². The maximum Gasteiger partial charge on any atom is 0.295 e. The van der Waals surface area contributed by atoms with E-state index in [2.05, 4.69) is 5.32 Å². The minimum Gasteiger partial charge on any atom is -0.379 e. The number of carbonyl (C=O) groups is 1. The normalized spacial score (nSPS) is 23.7. The van der Waals surface area contributed by atoms with Gasteiger partial charge in [0.15, 0.2) is 0 Å². The quantitative estimate of drug-likeness (QED) is 0.535. The van der Waals surface area contributed by atoms with Crippen molar-refractivity contribution in [1.82, 2.24) is 5.32 Å². The van der Waals surface area contributed by atoms with Gasteiger partial charge in [-0.15, -0.1) is 6.42 Å². The average Bonchev–Trinajstić information content (AvgIpc) is 2.06. The third-order valence-corrected chi connectivity index (χ3v) is 1.63. The Morgan fingerprint density at radius 3 is 3.09 bits per heavy atom. The summed E-state index contributed by atoms with van der Waals surface area (Å²) in [5.41, 5.74) is 0. The summed E-state index contributed by atoms with van der Waals surface area (Å²) in [5.74, 6) is 1.66. The van der Waals surface area contributed by atoms with Crippen LogP contribution in [0.1, 0.15) is 12.8 Å². The first kappa shape index (κ1) is 8.09. The number of amides is 1. The highest BCUT2D eigenvalue weighted by atomic mass is 16.5. The van der Waals surface area contributed by atoms with Gasteiger partial charge in [-0.3, -0.25) is 4.79 Å². The van der Waals surface area contributed by atoms with Gasteiger partial charge >= 0.3 is 0 Å². The monoisotopic (exact) mass is 153 g/mol. The van der Waals surface area contributed by atoms with Crippen molar-refractivity contribution in [3.63, 3.8) is 0 Å². The summed E-state index contributed by atoms with van der Waals surface area (Å²) in [6, 6.07) is 0.118. The number of hydrogen-bond acceptors (Lipinski definition) is 2. The van der Waals surface area contributed by atoms with Crippen LogP contribution in [0.15, 0.2) is 0 Å². The van der Waals surface area contributed by atoms with Crippen LogP contribution in [-0.2, 0) is 9.53 Å². The van der Waals surface area contributed by atoms with E-state index in [0.717, 1.165) is 19.4 Å². The lowest BCUT2D eigenvalue weighted by Gasteiger charge is -2.21. The highest BCUT2D eigenvalue weighted by molar-refractivity contribution is 5.93. The zero-order chi connectivity index (χ0) is 8.10. The Kier molecular flexibility index (Phi) is 2.94. The van der Waals surface area contributed by atoms with E-state index in [1.807, 2.05) is 5.92 Å². The molecule has 1 saturated heterocycles. The van der Waals surface area contributed by atoms with E-state index in [0.29, 0.717) is 6.61 Å². The standard InChI is InChI=1S/C8H11NO2/c1-2-8(10)9-7-4-3-5-11-6-7/h1,7H,3-6H2,(H,9,10). The number of hydrogen-bond donors (Lipinski definition) is 1. The van der Waals surface area contributed by atoms with E-state index in [-0.39, 0.29) is 11.9 Å². The molecule has 1 fully saturated rings. The van der Waals surface area contributed by atoms with Gasteiger partial charge in [0.05, 0.1) is 12.6 Å². The molecule has 1 aliphatic rings. The van der Waals surface area contributed by atoms with E-state index >= 15 is 0 Å². The zero-order valence-electron chi connectivity index (χ0n) is 6.30. The first-order chi connectivity index (χ1) is 5.33. The molecule has 1 heterocycles. The fourth-order valence-corrected chi connectivity index (χ4v) is 1.08. The van der Waals surface area contributed by atoms with Crippen LogP contribution in [0, 0.1) is 12.3 Å². The van der Waals surface area contributed by atoms with Gasteiger partial charge in [0.1, 0.15) is 0 Å². The topological polar surface area (TPSA) is 38.3 Å². The van der Waals surface area contributed by atoms with Crippen LogP contribution in [0.3, 0.4) is 0 Å². The third kappa shape index (κ3) is 2.60. The summed E-state index contributed by atoms with van der Waals surface area (Å²) in [4.78, 5) is 10.7. The zero-order valence-corrected chi connectivity index (χ0v) is 6.30. The van der Waals surface area contributed by atoms with Crippen molar-refractivity contribution in [3.8, 4) is 12.3 Å². The Morgan fingerprint density at radius 1 is 1.73 bits per heavy atom. The van der Waals surface area contributed by atoms with Crippen LogP contribution in [0.5, 0.6) is 0 Å². The molecule has 1 aliphatic heterocycles. The first-order valence-electron chi connectivity index (χ1n) is 3.68. The maximum atomic E-state index is 10.7. The van der Waals surface area contributed by atoms with E-state index < -0.39 is 0 Å². The lowest BCUT2D eigenvalue weighted by atomic mass is 10.1. The molecule has 1 amide bonds. The molecule has 0 bridgehead atoms. The molecule has 1 rings (SSSR count). The molecular weight excluding hydrogens is 142 g/mol. The second-order valence-electron chi connectivity index (χ2n) is 2.53. The fourth-order valence-electron chi connectivity index (χ4n) is 1.08. The highest BCUT2D eigenvalue weighted by Gasteiger charge is 2.14. The molecule has 1 N–H and O–H groups in total. The molecule has 1 atom stereocenters. The Labute approximate surface area is 66.1 Å².